The highest BCUT2D eigenvalue weighted by Crippen LogP contribution is 2.18. The number of benzene rings is 2. The van der Waals surface area contributed by atoms with Crippen molar-refractivity contribution in [3.8, 4) is 5.75 Å². The Labute approximate surface area is 108 Å². The molecule has 0 aliphatic rings. The summed E-state index contributed by atoms with van der Waals surface area (Å²) in [6, 6.07) is 15.7. The van der Waals surface area contributed by atoms with Gasteiger partial charge in [-0.1, -0.05) is 43.3 Å². The van der Waals surface area contributed by atoms with Crippen molar-refractivity contribution in [1.29, 1.82) is 0 Å². The van der Waals surface area contributed by atoms with Crippen LogP contribution in [0.5, 0.6) is 5.75 Å². The first-order valence-corrected chi connectivity index (χ1v) is 6.31. The fraction of sp³-hybridized carbons (Fsp3) is 0.250. The molecule has 2 heteroatoms. The molecule has 0 amide bonds. The highest BCUT2D eigenvalue weighted by Gasteiger charge is 2.07. The van der Waals surface area contributed by atoms with Gasteiger partial charge in [-0.05, 0) is 41.7 Å². The lowest BCUT2D eigenvalue weighted by Crippen LogP contribution is -2.13. The molecule has 3 N–H and O–H groups in total. The third-order valence-corrected chi connectivity index (χ3v) is 3.21. The molecular formula is C16H19NO. The van der Waals surface area contributed by atoms with E-state index in [-0.39, 0.29) is 6.04 Å². The lowest BCUT2D eigenvalue weighted by Gasteiger charge is -2.12. The van der Waals surface area contributed by atoms with Gasteiger partial charge in [-0.25, -0.2) is 0 Å². The minimum atomic E-state index is 0.000416. The Kier molecular flexibility index (Phi) is 4.00. The predicted octanol–water partition coefficient (Wildman–Crippen LogP) is 3.20. The fourth-order valence-corrected chi connectivity index (χ4v) is 2.00. The monoisotopic (exact) mass is 241 g/mol. The van der Waals surface area contributed by atoms with Crippen molar-refractivity contribution in [2.45, 2.75) is 25.8 Å². The smallest absolute Gasteiger partial charge is 0.115 e. The number of phenolic OH excluding ortho intramolecular Hbond substituents is 1. The zero-order chi connectivity index (χ0) is 13.0. The Morgan fingerprint density at radius 1 is 0.944 bits per heavy atom. The van der Waals surface area contributed by atoms with Gasteiger partial charge < -0.3 is 10.8 Å². The van der Waals surface area contributed by atoms with Crippen LogP contribution in [-0.2, 0) is 12.8 Å². The standard InChI is InChI=1S/C16H19NO/c1-2-12-3-7-14(8-4-12)16(17)11-13-5-9-15(18)10-6-13/h3-10,16,18H,2,11,17H2,1H3. The van der Waals surface area contributed by atoms with Crippen molar-refractivity contribution in [1.82, 2.24) is 0 Å². The molecule has 0 radical (unpaired) electrons. The van der Waals surface area contributed by atoms with E-state index >= 15 is 0 Å². The minimum absolute atomic E-state index is 0.000416. The lowest BCUT2D eigenvalue weighted by atomic mass is 9.98. The first-order chi connectivity index (χ1) is 8.69. The van der Waals surface area contributed by atoms with Crippen molar-refractivity contribution in [2.75, 3.05) is 0 Å². The summed E-state index contributed by atoms with van der Waals surface area (Å²) in [4.78, 5) is 0. The summed E-state index contributed by atoms with van der Waals surface area (Å²) in [6.07, 6.45) is 1.83. The molecule has 0 aromatic heterocycles. The van der Waals surface area contributed by atoms with Gasteiger partial charge in [0.05, 0.1) is 0 Å². The second-order valence-corrected chi connectivity index (χ2v) is 4.57. The molecule has 1 atom stereocenters. The molecule has 0 fully saturated rings. The van der Waals surface area contributed by atoms with Gasteiger partial charge in [0.1, 0.15) is 5.75 Å². The van der Waals surface area contributed by atoms with E-state index in [4.69, 9.17) is 5.73 Å². The largest absolute Gasteiger partial charge is 0.508 e. The quantitative estimate of drug-likeness (QED) is 0.863. The lowest BCUT2D eigenvalue weighted by molar-refractivity contribution is 0.475. The van der Waals surface area contributed by atoms with Gasteiger partial charge in [-0.3, -0.25) is 0 Å². The number of rotatable bonds is 4. The molecule has 94 valence electrons. The molecule has 0 bridgehead atoms. The molecule has 2 nitrogen and oxygen atoms in total. The topological polar surface area (TPSA) is 46.2 Å². The van der Waals surface area contributed by atoms with Crippen molar-refractivity contribution >= 4 is 0 Å². The molecule has 0 heterocycles. The molecule has 2 aromatic rings. The molecule has 0 aliphatic heterocycles. The van der Waals surface area contributed by atoms with Crippen LogP contribution < -0.4 is 5.73 Å². The van der Waals surface area contributed by atoms with Gasteiger partial charge in [0.25, 0.3) is 0 Å². The van der Waals surface area contributed by atoms with Gasteiger partial charge in [0, 0.05) is 6.04 Å². The Hall–Kier alpha value is -1.80. The summed E-state index contributed by atoms with van der Waals surface area (Å²) >= 11 is 0. The number of aryl methyl sites for hydroxylation is 1. The summed E-state index contributed by atoms with van der Waals surface area (Å²) in [5, 5.41) is 9.23. The van der Waals surface area contributed by atoms with Crippen molar-refractivity contribution in [3.05, 3.63) is 65.2 Å². The second kappa shape index (κ2) is 5.69. The molecule has 2 rings (SSSR count). The second-order valence-electron chi connectivity index (χ2n) is 4.57. The van der Waals surface area contributed by atoms with E-state index in [1.54, 1.807) is 12.1 Å². The van der Waals surface area contributed by atoms with Crippen molar-refractivity contribution < 1.29 is 5.11 Å². The van der Waals surface area contributed by atoms with E-state index in [9.17, 15) is 5.11 Å². The summed E-state index contributed by atoms with van der Waals surface area (Å²) in [7, 11) is 0. The van der Waals surface area contributed by atoms with Gasteiger partial charge in [0.15, 0.2) is 0 Å². The number of nitrogens with two attached hydrogens (primary N) is 1. The zero-order valence-corrected chi connectivity index (χ0v) is 10.6. The first-order valence-electron chi connectivity index (χ1n) is 6.31. The molecule has 18 heavy (non-hydrogen) atoms. The number of hydrogen-bond donors (Lipinski definition) is 2. The van der Waals surface area contributed by atoms with Crippen LogP contribution >= 0.6 is 0 Å². The summed E-state index contributed by atoms with van der Waals surface area (Å²) < 4.78 is 0. The third kappa shape index (κ3) is 3.11. The molecule has 2 aromatic carbocycles. The predicted molar refractivity (Wildman–Crippen MR) is 74.6 cm³/mol. The molecule has 0 saturated carbocycles. The Balaban J connectivity index is 2.06. The highest BCUT2D eigenvalue weighted by atomic mass is 16.3. The van der Waals surface area contributed by atoms with Gasteiger partial charge in [-0.15, -0.1) is 0 Å². The highest BCUT2D eigenvalue weighted by molar-refractivity contribution is 5.29. The molecule has 0 spiro atoms. The summed E-state index contributed by atoms with van der Waals surface area (Å²) in [6.45, 7) is 2.14. The van der Waals surface area contributed by atoms with Crippen LogP contribution in [0.1, 0.15) is 29.7 Å². The van der Waals surface area contributed by atoms with Gasteiger partial charge in [0.2, 0.25) is 0 Å². The third-order valence-electron chi connectivity index (χ3n) is 3.21. The van der Waals surface area contributed by atoms with Crippen LogP contribution in [0.3, 0.4) is 0 Å². The van der Waals surface area contributed by atoms with E-state index in [1.807, 2.05) is 12.1 Å². The van der Waals surface area contributed by atoms with Crippen LogP contribution in [-0.4, -0.2) is 5.11 Å². The van der Waals surface area contributed by atoms with Crippen LogP contribution in [0.2, 0.25) is 0 Å². The molecule has 0 saturated heterocycles. The summed E-state index contributed by atoms with van der Waals surface area (Å²) in [5.74, 6) is 0.291. The van der Waals surface area contributed by atoms with Crippen molar-refractivity contribution in [2.24, 2.45) is 5.73 Å². The Morgan fingerprint density at radius 3 is 2.06 bits per heavy atom. The van der Waals surface area contributed by atoms with Crippen LogP contribution in [0.15, 0.2) is 48.5 Å². The average Bonchev–Trinajstić information content (AvgIpc) is 2.41. The van der Waals surface area contributed by atoms with E-state index in [0.29, 0.717) is 5.75 Å². The maximum atomic E-state index is 9.23. The van der Waals surface area contributed by atoms with E-state index in [2.05, 4.69) is 31.2 Å². The maximum absolute atomic E-state index is 9.23. The maximum Gasteiger partial charge on any atom is 0.115 e. The van der Waals surface area contributed by atoms with Crippen molar-refractivity contribution in [3.63, 3.8) is 0 Å². The minimum Gasteiger partial charge on any atom is -0.508 e. The Morgan fingerprint density at radius 2 is 1.50 bits per heavy atom. The molecule has 0 aliphatic carbocycles. The average molecular weight is 241 g/mol. The van der Waals surface area contributed by atoms with Crippen LogP contribution in [0, 0.1) is 0 Å². The van der Waals surface area contributed by atoms with Gasteiger partial charge in [-0.2, -0.15) is 0 Å². The number of aromatic hydroxyl groups is 1. The molecular weight excluding hydrogens is 222 g/mol. The zero-order valence-electron chi connectivity index (χ0n) is 10.6. The molecule has 1 unspecified atom stereocenters. The van der Waals surface area contributed by atoms with E-state index in [1.165, 1.54) is 5.56 Å². The van der Waals surface area contributed by atoms with Gasteiger partial charge >= 0.3 is 0 Å². The first kappa shape index (κ1) is 12.7. The number of hydrogen-bond acceptors (Lipinski definition) is 2. The Bertz CT molecular complexity index is 488. The summed E-state index contributed by atoms with van der Waals surface area (Å²) in [5.41, 5.74) is 9.82. The van der Waals surface area contributed by atoms with E-state index in [0.717, 1.165) is 24.0 Å². The van der Waals surface area contributed by atoms with Crippen LogP contribution in [0.4, 0.5) is 0 Å². The van der Waals surface area contributed by atoms with Crippen LogP contribution in [0.25, 0.3) is 0 Å². The fourth-order valence-electron chi connectivity index (χ4n) is 2.00. The SMILES string of the molecule is CCc1ccc(C(N)Cc2ccc(O)cc2)cc1. The normalized spacial score (nSPS) is 12.3. The number of phenols is 1. The van der Waals surface area contributed by atoms with E-state index < -0.39 is 0 Å².